The normalized spacial score (nSPS) is 21.9. The Morgan fingerprint density at radius 3 is 2.73 bits per heavy atom. The molecular weight excluding hydrogens is 304 g/mol. The second kappa shape index (κ2) is 5.40. The van der Waals surface area contributed by atoms with Crippen molar-refractivity contribution in [2.24, 2.45) is 0 Å². The Morgan fingerprint density at radius 2 is 2.09 bits per heavy atom. The molecule has 1 atom stereocenters. The number of rotatable bonds is 3. The molecule has 0 saturated carbocycles. The summed E-state index contributed by atoms with van der Waals surface area (Å²) in [6, 6.07) is 4.24. The monoisotopic (exact) mass is 322 g/mol. The average molecular weight is 322 g/mol. The Hall–Kier alpha value is -1.86. The quantitative estimate of drug-likeness (QED) is 0.851. The summed E-state index contributed by atoms with van der Waals surface area (Å²) in [5, 5.41) is 9.47. The molecule has 6 nitrogen and oxygen atoms in total. The molecule has 0 saturated heterocycles. The molecule has 0 fully saturated rings. The third kappa shape index (κ3) is 2.30. The Kier molecular flexibility index (Phi) is 3.70. The third-order valence-corrected chi connectivity index (χ3v) is 6.12. The van der Waals surface area contributed by atoms with Gasteiger partial charge in [-0.1, -0.05) is 24.3 Å². The van der Waals surface area contributed by atoms with Crippen molar-refractivity contribution in [3.8, 4) is 0 Å². The molecule has 118 valence electrons. The van der Waals surface area contributed by atoms with Gasteiger partial charge in [-0.25, -0.2) is 9.10 Å². The van der Waals surface area contributed by atoms with Gasteiger partial charge < -0.3 is 5.11 Å². The van der Waals surface area contributed by atoms with Crippen molar-refractivity contribution in [3.63, 3.8) is 0 Å². The van der Waals surface area contributed by atoms with Gasteiger partial charge in [0.15, 0.2) is 0 Å². The fourth-order valence-corrected chi connectivity index (χ4v) is 4.79. The Balaban J connectivity index is 2.08. The maximum atomic E-state index is 12.9. The predicted molar refractivity (Wildman–Crippen MR) is 83.0 cm³/mol. The lowest BCUT2D eigenvalue weighted by Gasteiger charge is -2.31. The summed E-state index contributed by atoms with van der Waals surface area (Å²) >= 11 is 0. The first-order chi connectivity index (χ1) is 10.4. The van der Waals surface area contributed by atoms with Gasteiger partial charge in [0.1, 0.15) is 6.04 Å². The molecule has 1 aromatic rings. The van der Waals surface area contributed by atoms with Crippen LogP contribution in [0.1, 0.15) is 17.5 Å². The number of carboxylic acid groups (broad SMARTS) is 1. The van der Waals surface area contributed by atoms with E-state index in [9.17, 15) is 18.3 Å². The van der Waals surface area contributed by atoms with Crippen molar-refractivity contribution in [3.05, 3.63) is 41.5 Å². The highest BCUT2D eigenvalue weighted by Crippen LogP contribution is 2.37. The van der Waals surface area contributed by atoms with Crippen LogP contribution in [0.2, 0.25) is 0 Å². The largest absolute Gasteiger partial charge is 0.480 e. The van der Waals surface area contributed by atoms with E-state index in [1.54, 1.807) is 18.2 Å². The van der Waals surface area contributed by atoms with Crippen LogP contribution in [0.4, 0.5) is 5.69 Å². The van der Waals surface area contributed by atoms with E-state index in [0.717, 1.165) is 15.4 Å². The molecule has 0 amide bonds. The number of anilines is 1. The van der Waals surface area contributed by atoms with Crippen molar-refractivity contribution in [2.75, 3.05) is 17.4 Å². The zero-order chi connectivity index (χ0) is 15.9. The lowest BCUT2D eigenvalue weighted by Crippen LogP contribution is -2.50. The summed E-state index contributed by atoms with van der Waals surface area (Å²) in [5.41, 5.74) is 2.20. The minimum absolute atomic E-state index is 0.209. The van der Waals surface area contributed by atoms with E-state index in [1.807, 2.05) is 19.1 Å². The maximum absolute atomic E-state index is 12.9. The summed E-state index contributed by atoms with van der Waals surface area (Å²) in [6.07, 6.45) is 4.58. The first-order valence-corrected chi connectivity index (χ1v) is 8.58. The topological polar surface area (TPSA) is 77.9 Å². The highest BCUT2D eigenvalue weighted by atomic mass is 32.2. The fraction of sp³-hybridized carbons (Fsp3) is 0.400. The second-order valence-electron chi connectivity index (χ2n) is 5.55. The smallest absolute Gasteiger partial charge is 0.327 e. The van der Waals surface area contributed by atoms with Gasteiger partial charge in [-0.3, -0.25) is 0 Å². The minimum Gasteiger partial charge on any atom is -0.480 e. The molecule has 0 spiro atoms. The Bertz CT molecular complexity index is 742. The predicted octanol–water partition coefficient (Wildman–Crippen LogP) is 1.32. The number of nitrogens with zero attached hydrogens (tertiary/aromatic N) is 2. The molecule has 1 unspecified atom stereocenters. The van der Waals surface area contributed by atoms with Crippen LogP contribution in [-0.4, -0.2) is 42.9 Å². The highest BCUT2D eigenvalue weighted by molar-refractivity contribution is 7.90. The van der Waals surface area contributed by atoms with Crippen molar-refractivity contribution in [1.82, 2.24) is 4.31 Å². The molecule has 0 radical (unpaired) electrons. The SMILES string of the molecule is Cc1cccc2c1CC(C(=O)O)N2S(=O)(=O)N1CC=CCC1. The Labute approximate surface area is 129 Å². The molecule has 22 heavy (non-hydrogen) atoms. The standard InChI is InChI=1S/C15H18N2O4S/c1-11-6-5-7-13-12(11)10-14(15(18)19)17(13)22(20,21)16-8-3-2-4-9-16/h2-3,5-7,14H,4,8-10H2,1H3,(H,18,19). The summed E-state index contributed by atoms with van der Waals surface area (Å²) in [4.78, 5) is 11.6. The van der Waals surface area contributed by atoms with Crippen molar-refractivity contribution < 1.29 is 18.3 Å². The third-order valence-electron chi connectivity index (χ3n) is 4.18. The summed E-state index contributed by atoms with van der Waals surface area (Å²) < 4.78 is 28.3. The summed E-state index contributed by atoms with van der Waals surface area (Å²) in [6.45, 7) is 2.53. The number of fused-ring (bicyclic) bond motifs is 1. The van der Waals surface area contributed by atoms with E-state index in [2.05, 4.69) is 0 Å². The van der Waals surface area contributed by atoms with Gasteiger partial charge >= 0.3 is 16.2 Å². The fourth-order valence-electron chi connectivity index (χ4n) is 3.03. The maximum Gasteiger partial charge on any atom is 0.327 e. The molecule has 2 aliphatic heterocycles. The number of carboxylic acids is 1. The zero-order valence-electron chi connectivity index (χ0n) is 12.3. The molecule has 1 N–H and O–H groups in total. The molecule has 0 aromatic heterocycles. The van der Waals surface area contributed by atoms with Crippen LogP contribution in [0, 0.1) is 6.92 Å². The average Bonchev–Trinajstić information content (AvgIpc) is 2.90. The van der Waals surface area contributed by atoms with Gasteiger partial charge in [0.2, 0.25) is 0 Å². The van der Waals surface area contributed by atoms with Crippen LogP contribution >= 0.6 is 0 Å². The molecule has 3 rings (SSSR count). The molecule has 0 bridgehead atoms. The van der Waals surface area contributed by atoms with Crippen LogP contribution in [0.3, 0.4) is 0 Å². The van der Waals surface area contributed by atoms with E-state index in [4.69, 9.17) is 0 Å². The number of carbonyl (C=O) groups is 1. The van der Waals surface area contributed by atoms with Gasteiger partial charge in [0.25, 0.3) is 0 Å². The van der Waals surface area contributed by atoms with Gasteiger partial charge in [-0.05, 0) is 30.5 Å². The molecule has 7 heteroatoms. The lowest BCUT2D eigenvalue weighted by molar-refractivity contribution is -0.138. The number of hydrogen-bond donors (Lipinski definition) is 1. The van der Waals surface area contributed by atoms with Crippen LogP contribution < -0.4 is 4.31 Å². The van der Waals surface area contributed by atoms with E-state index < -0.39 is 22.2 Å². The van der Waals surface area contributed by atoms with E-state index in [0.29, 0.717) is 18.7 Å². The summed E-state index contributed by atoms with van der Waals surface area (Å²) in [7, 11) is -3.85. The number of benzene rings is 1. The van der Waals surface area contributed by atoms with E-state index >= 15 is 0 Å². The first kappa shape index (κ1) is 15.1. The number of aryl methyl sites for hydroxylation is 1. The van der Waals surface area contributed by atoms with Gasteiger partial charge in [0.05, 0.1) is 5.69 Å². The molecule has 1 aromatic carbocycles. The Morgan fingerprint density at radius 1 is 1.32 bits per heavy atom. The molecule has 2 aliphatic rings. The van der Waals surface area contributed by atoms with Crippen LogP contribution in [0.5, 0.6) is 0 Å². The van der Waals surface area contributed by atoms with Crippen molar-refractivity contribution in [2.45, 2.75) is 25.8 Å². The number of aliphatic carboxylic acids is 1. The van der Waals surface area contributed by atoms with Crippen LogP contribution in [0.15, 0.2) is 30.4 Å². The van der Waals surface area contributed by atoms with Crippen LogP contribution in [-0.2, 0) is 21.4 Å². The van der Waals surface area contributed by atoms with Gasteiger partial charge in [-0.15, -0.1) is 0 Å². The zero-order valence-corrected chi connectivity index (χ0v) is 13.1. The van der Waals surface area contributed by atoms with Gasteiger partial charge in [-0.2, -0.15) is 12.7 Å². The second-order valence-corrected chi connectivity index (χ2v) is 7.36. The highest BCUT2D eigenvalue weighted by Gasteiger charge is 2.44. The molecule has 0 aliphatic carbocycles. The lowest BCUT2D eigenvalue weighted by atomic mass is 10.0. The molecular formula is C15H18N2O4S. The first-order valence-electron chi connectivity index (χ1n) is 7.18. The van der Waals surface area contributed by atoms with Gasteiger partial charge in [0, 0.05) is 19.5 Å². The van der Waals surface area contributed by atoms with Crippen LogP contribution in [0.25, 0.3) is 0 Å². The summed E-state index contributed by atoms with van der Waals surface area (Å²) in [5.74, 6) is -1.12. The molecule has 2 heterocycles. The van der Waals surface area contributed by atoms with Crippen molar-refractivity contribution in [1.29, 1.82) is 0 Å². The minimum atomic E-state index is -3.85. The van der Waals surface area contributed by atoms with E-state index in [1.165, 1.54) is 4.31 Å². The van der Waals surface area contributed by atoms with E-state index in [-0.39, 0.29) is 13.0 Å². The van der Waals surface area contributed by atoms with Crippen molar-refractivity contribution >= 4 is 21.9 Å². The number of hydrogen-bond acceptors (Lipinski definition) is 3.